The zero-order valence-corrected chi connectivity index (χ0v) is 17.1. The van der Waals surface area contributed by atoms with Gasteiger partial charge in [0.1, 0.15) is 0 Å². The molecule has 26 heavy (non-hydrogen) atoms. The van der Waals surface area contributed by atoms with Crippen LogP contribution in [0.4, 0.5) is 0 Å². The predicted molar refractivity (Wildman–Crippen MR) is 110 cm³/mol. The summed E-state index contributed by atoms with van der Waals surface area (Å²) in [5.41, 5.74) is 0.976. The molecular weight excluding hydrogens is 393 g/mol. The summed E-state index contributed by atoms with van der Waals surface area (Å²) in [6, 6.07) is 8.38. The fourth-order valence-corrected chi connectivity index (χ4v) is 3.49. The maximum absolute atomic E-state index is 6.04. The van der Waals surface area contributed by atoms with Crippen LogP contribution in [0.2, 0.25) is 5.02 Å². The molecule has 2 aromatic rings. The van der Waals surface area contributed by atoms with Crippen LogP contribution in [0.15, 0.2) is 34.9 Å². The summed E-state index contributed by atoms with van der Waals surface area (Å²) in [7, 11) is 0. The molecule has 2 aliphatic rings. The zero-order valence-electron chi connectivity index (χ0n) is 14.7. The molecule has 1 aliphatic carbocycles. The van der Waals surface area contributed by atoms with Crippen molar-refractivity contribution in [2.45, 2.75) is 38.3 Å². The molecule has 1 saturated heterocycles. The summed E-state index contributed by atoms with van der Waals surface area (Å²) in [5, 5.41) is 4.43. The average Bonchev–Trinajstić information content (AvgIpc) is 3.31. The Morgan fingerprint density at radius 2 is 1.92 bits per heavy atom. The third-order valence-electron chi connectivity index (χ3n) is 5.00. The second kappa shape index (κ2) is 9.95. The summed E-state index contributed by atoms with van der Waals surface area (Å²) in [6.45, 7) is 4.22. The number of piperidine rings is 1. The fourth-order valence-electron chi connectivity index (χ4n) is 3.30. The van der Waals surface area contributed by atoms with Gasteiger partial charge in [0.05, 0.1) is 12.7 Å². The Bertz CT molecular complexity index is 682. The quantitative estimate of drug-likeness (QED) is 0.731. The van der Waals surface area contributed by atoms with Gasteiger partial charge in [0.15, 0.2) is 5.76 Å². The van der Waals surface area contributed by atoms with Gasteiger partial charge in [-0.25, -0.2) is 4.98 Å². The van der Waals surface area contributed by atoms with E-state index in [2.05, 4.69) is 15.2 Å². The van der Waals surface area contributed by atoms with E-state index in [-0.39, 0.29) is 24.8 Å². The van der Waals surface area contributed by atoms with E-state index in [1.165, 1.54) is 32.2 Å². The molecule has 4 rings (SSSR count). The van der Waals surface area contributed by atoms with Crippen LogP contribution in [-0.4, -0.2) is 35.6 Å². The normalized spacial score (nSPS) is 18.2. The first-order valence-electron chi connectivity index (χ1n) is 8.92. The van der Waals surface area contributed by atoms with Crippen LogP contribution in [0.3, 0.4) is 0 Å². The van der Waals surface area contributed by atoms with Crippen molar-refractivity contribution >= 4 is 36.4 Å². The van der Waals surface area contributed by atoms with Crippen LogP contribution in [0, 0.1) is 5.92 Å². The van der Waals surface area contributed by atoms with E-state index in [0.717, 1.165) is 42.8 Å². The van der Waals surface area contributed by atoms with Gasteiger partial charge in [-0.1, -0.05) is 23.7 Å². The van der Waals surface area contributed by atoms with Crippen molar-refractivity contribution < 1.29 is 4.42 Å². The number of rotatable bonds is 6. The number of aromatic nitrogens is 1. The Morgan fingerprint density at radius 1 is 1.15 bits per heavy atom. The van der Waals surface area contributed by atoms with Gasteiger partial charge in [-0.2, -0.15) is 0 Å². The number of nitrogens with one attached hydrogen (secondary N) is 1. The maximum Gasteiger partial charge on any atom is 0.209 e. The van der Waals surface area contributed by atoms with Crippen molar-refractivity contribution in [3.8, 4) is 11.3 Å². The summed E-state index contributed by atoms with van der Waals surface area (Å²) < 4.78 is 5.91. The summed E-state index contributed by atoms with van der Waals surface area (Å²) in [5.74, 6) is 2.53. The maximum atomic E-state index is 6.04. The number of oxazole rings is 1. The van der Waals surface area contributed by atoms with Crippen LogP contribution >= 0.6 is 36.4 Å². The number of benzene rings is 1. The first-order chi connectivity index (χ1) is 11.8. The second-order valence-corrected chi connectivity index (χ2v) is 7.47. The minimum Gasteiger partial charge on any atom is -0.439 e. The third kappa shape index (κ3) is 5.86. The van der Waals surface area contributed by atoms with Gasteiger partial charge in [0.2, 0.25) is 5.89 Å². The van der Waals surface area contributed by atoms with Crippen molar-refractivity contribution in [2.24, 2.45) is 5.92 Å². The van der Waals surface area contributed by atoms with Gasteiger partial charge in [-0.15, -0.1) is 24.8 Å². The van der Waals surface area contributed by atoms with Gasteiger partial charge in [-0.05, 0) is 50.3 Å². The van der Waals surface area contributed by atoms with Crippen molar-refractivity contribution in [3.63, 3.8) is 0 Å². The molecule has 1 aromatic carbocycles. The summed E-state index contributed by atoms with van der Waals surface area (Å²) in [6.07, 6.45) is 7.07. The molecule has 144 valence electrons. The number of likely N-dealkylation sites (tertiary alicyclic amines) is 1. The van der Waals surface area contributed by atoms with Crippen LogP contribution in [0.5, 0.6) is 0 Å². The molecule has 7 heteroatoms. The van der Waals surface area contributed by atoms with E-state index in [9.17, 15) is 0 Å². The fraction of sp³-hybridized carbons (Fsp3) is 0.526. The largest absolute Gasteiger partial charge is 0.439 e. The van der Waals surface area contributed by atoms with Gasteiger partial charge in [0.25, 0.3) is 0 Å². The van der Waals surface area contributed by atoms with Crippen LogP contribution in [-0.2, 0) is 6.54 Å². The molecule has 0 radical (unpaired) electrons. The molecule has 0 unspecified atom stereocenters. The summed E-state index contributed by atoms with van der Waals surface area (Å²) in [4.78, 5) is 6.87. The van der Waals surface area contributed by atoms with Crippen molar-refractivity contribution in [3.05, 3.63) is 41.4 Å². The van der Waals surface area contributed by atoms with Crippen LogP contribution in [0.1, 0.15) is 31.6 Å². The molecule has 4 nitrogen and oxygen atoms in total. The lowest BCUT2D eigenvalue weighted by Crippen LogP contribution is -2.42. The van der Waals surface area contributed by atoms with Gasteiger partial charge in [0, 0.05) is 29.7 Å². The molecule has 2 heterocycles. The van der Waals surface area contributed by atoms with Crippen LogP contribution in [0.25, 0.3) is 11.3 Å². The Labute approximate surface area is 172 Å². The van der Waals surface area contributed by atoms with Crippen molar-refractivity contribution in [2.75, 3.05) is 19.6 Å². The Hall–Kier alpha value is -0.780. The molecule has 1 saturated carbocycles. The van der Waals surface area contributed by atoms with Crippen LogP contribution < -0.4 is 5.32 Å². The first kappa shape index (κ1) is 21.5. The summed E-state index contributed by atoms with van der Waals surface area (Å²) >= 11 is 6.04. The van der Waals surface area contributed by atoms with Gasteiger partial charge < -0.3 is 9.73 Å². The molecule has 1 aromatic heterocycles. The highest BCUT2D eigenvalue weighted by Crippen LogP contribution is 2.28. The smallest absolute Gasteiger partial charge is 0.209 e. The van der Waals surface area contributed by atoms with Crippen molar-refractivity contribution in [1.82, 2.24) is 15.2 Å². The third-order valence-corrected chi connectivity index (χ3v) is 5.24. The second-order valence-electron chi connectivity index (χ2n) is 7.03. The Balaban J connectivity index is 0.00000121. The lowest BCUT2D eigenvalue weighted by molar-refractivity contribution is 0.176. The topological polar surface area (TPSA) is 41.3 Å². The lowest BCUT2D eigenvalue weighted by Gasteiger charge is -2.31. The predicted octanol–water partition coefficient (Wildman–Crippen LogP) is 4.80. The minimum atomic E-state index is 0. The first-order valence-corrected chi connectivity index (χ1v) is 9.30. The zero-order chi connectivity index (χ0) is 16.4. The molecule has 0 amide bonds. The molecule has 1 N–H and O–H groups in total. The van der Waals surface area contributed by atoms with E-state index >= 15 is 0 Å². The highest BCUT2D eigenvalue weighted by atomic mass is 35.5. The lowest BCUT2D eigenvalue weighted by atomic mass is 10.0. The molecule has 0 bridgehead atoms. The Morgan fingerprint density at radius 3 is 2.62 bits per heavy atom. The number of hydrogen-bond donors (Lipinski definition) is 1. The number of nitrogens with zero attached hydrogens (tertiary/aromatic N) is 2. The molecule has 2 fully saturated rings. The average molecular weight is 419 g/mol. The highest BCUT2D eigenvalue weighted by molar-refractivity contribution is 6.30. The van der Waals surface area contributed by atoms with Gasteiger partial charge in [-0.3, -0.25) is 4.90 Å². The monoisotopic (exact) mass is 417 g/mol. The van der Waals surface area contributed by atoms with E-state index < -0.39 is 0 Å². The highest BCUT2D eigenvalue weighted by Gasteiger charge is 2.24. The standard InChI is InChI=1S/C19H24ClN3O.2ClH/c20-16-3-1-2-15(10-16)18-12-22-19(24-18)13-23-8-6-17(7-9-23)21-11-14-4-5-14;;/h1-3,10,12,14,17,21H,4-9,11,13H2;2*1H. The Kier molecular flexibility index (Phi) is 8.24. The molecule has 0 atom stereocenters. The molecule has 1 aliphatic heterocycles. The SMILES string of the molecule is Cl.Cl.Clc1cccc(-c2cnc(CN3CCC(NCC4CC4)CC3)o2)c1. The molecule has 0 spiro atoms. The van der Waals surface area contributed by atoms with Crippen molar-refractivity contribution in [1.29, 1.82) is 0 Å². The van der Waals surface area contributed by atoms with E-state index in [4.69, 9.17) is 16.0 Å². The number of halogens is 3. The van der Waals surface area contributed by atoms with Gasteiger partial charge >= 0.3 is 0 Å². The minimum absolute atomic E-state index is 0. The van der Waals surface area contributed by atoms with E-state index in [0.29, 0.717) is 11.1 Å². The van der Waals surface area contributed by atoms with E-state index in [1.807, 2.05) is 24.3 Å². The van der Waals surface area contributed by atoms with E-state index in [1.54, 1.807) is 6.20 Å². The number of hydrogen-bond acceptors (Lipinski definition) is 4. The molecular formula is C19H26Cl3N3O.